The summed E-state index contributed by atoms with van der Waals surface area (Å²) in [5.41, 5.74) is 6.12. The number of carbonyl (C=O) groups excluding carboxylic acids is 4. The number of fused-ring (bicyclic) bond motifs is 2. The molecule has 40 heavy (non-hydrogen) atoms. The van der Waals surface area contributed by atoms with Crippen molar-refractivity contribution in [3.8, 4) is 0 Å². The van der Waals surface area contributed by atoms with Gasteiger partial charge in [-0.3, -0.25) is 14.4 Å². The highest BCUT2D eigenvalue weighted by Crippen LogP contribution is 2.29. The van der Waals surface area contributed by atoms with E-state index in [-0.39, 0.29) is 34.9 Å². The van der Waals surface area contributed by atoms with Gasteiger partial charge in [-0.2, -0.15) is 0 Å². The number of nitrogens with two attached hydrogens (primary N) is 1. The number of Topliss-reactive ketones (excluding diaryl/α,β-unsaturated/α-hetero) is 1. The van der Waals surface area contributed by atoms with E-state index in [0.717, 1.165) is 6.08 Å². The number of nitrogens with one attached hydrogen (secondary N) is 1. The summed E-state index contributed by atoms with van der Waals surface area (Å²) in [6.07, 6.45) is 3.61. The number of amides is 2. The Morgan fingerprint density at radius 3 is 2.35 bits per heavy atom. The van der Waals surface area contributed by atoms with Gasteiger partial charge >= 0.3 is 6.09 Å². The van der Waals surface area contributed by atoms with Gasteiger partial charge in [-0.25, -0.2) is 4.79 Å². The lowest BCUT2D eigenvalue weighted by atomic mass is 9.85. The number of hydrogen-bond donors (Lipinski definition) is 3. The van der Waals surface area contributed by atoms with Crippen LogP contribution in [0.4, 0.5) is 4.79 Å². The molecule has 0 spiro atoms. The maximum Gasteiger partial charge on any atom is 0.405 e. The third-order valence-corrected chi connectivity index (χ3v) is 6.95. The number of carbonyl (C=O) groups is 4. The first-order chi connectivity index (χ1) is 18.8. The number of rotatable bonds is 4. The summed E-state index contributed by atoms with van der Waals surface area (Å²) < 4.78 is 21.7. The van der Waals surface area contributed by atoms with Crippen molar-refractivity contribution < 1.29 is 43.2 Å². The SMILES string of the molecule is COC1=C2C[C@@H](C)C[C@H](OC)[C@H](O)[C@@H](C)/C=C(/C)[C@H](OC(N)=O)[C@@H](OC)C=C/C=C(\C)C(=O)NC(=CC1=O)C2=O. The highest BCUT2D eigenvalue weighted by Gasteiger charge is 2.34. The maximum absolute atomic E-state index is 13.3. The lowest BCUT2D eigenvalue weighted by molar-refractivity contribution is -0.120. The predicted octanol–water partition coefficient (Wildman–Crippen LogP) is 2.41. The number of ether oxygens (including phenoxy) is 4. The van der Waals surface area contributed by atoms with Crippen LogP contribution < -0.4 is 11.1 Å². The summed E-state index contributed by atoms with van der Waals surface area (Å²) in [7, 11) is 4.21. The van der Waals surface area contributed by atoms with Crippen molar-refractivity contribution in [1.29, 1.82) is 0 Å². The average molecular weight is 561 g/mol. The Bertz CT molecular complexity index is 1150. The lowest BCUT2D eigenvalue weighted by Crippen LogP contribution is -2.37. The molecule has 2 amide bonds. The van der Waals surface area contributed by atoms with Crippen LogP contribution in [0.15, 0.2) is 58.6 Å². The highest BCUT2D eigenvalue weighted by molar-refractivity contribution is 6.23. The van der Waals surface area contributed by atoms with Gasteiger partial charge in [0.2, 0.25) is 11.6 Å². The van der Waals surface area contributed by atoms with Gasteiger partial charge in [0.15, 0.2) is 11.9 Å². The van der Waals surface area contributed by atoms with Crippen molar-refractivity contribution in [2.24, 2.45) is 17.6 Å². The first kappa shape index (κ1) is 32.7. The number of aliphatic hydroxyl groups is 1. The van der Waals surface area contributed by atoms with Gasteiger partial charge in [-0.1, -0.05) is 38.2 Å². The molecule has 0 saturated carbocycles. The summed E-state index contributed by atoms with van der Waals surface area (Å²) in [5, 5.41) is 13.7. The van der Waals surface area contributed by atoms with Crippen molar-refractivity contribution in [2.45, 2.75) is 65.0 Å². The predicted molar refractivity (Wildman–Crippen MR) is 147 cm³/mol. The Balaban J connectivity index is 2.60. The first-order valence-electron chi connectivity index (χ1n) is 13.0. The van der Waals surface area contributed by atoms with E-state index < -0.39 is 53.9 Å². The number of allylic oxidation sites excluding steroid dienone is 4. The second-order valence-electron chi connectivity index (χ2n) is 10.1. The van der Waals surface area contributed by atoms with Crippen LogP contribution in [-0.2, 0) is 33.3 Å². The molecule has 0 fully saturated rings. The maximum atomic E-state index is 13.3. The average Bonchev–Trinajstić information content (AvgIpc) is 2.90. The molecule has 0 unspecified atom stereocenters. The van der Waals surface area contributed by atoms with Crippen LogP contribution >= 0.6 is 0 Å². The van der Waals surface area contributed by atoms with E-state index in [1.54, 1.807) is 32.1 Å². The Hall–Kier alpha value is -3.54. The lowest BCUT2D eigenvalue weighted by Gasteiger charge is -2.29. The largest absolute Gasteiger partial charge is 0.492 e. The first-order valence-corrected chi connectivity index (χ1v) is 13.0. The van der Waals surface area contributed by atoms with Gasteiger partial charge in [0.25, 0.3) is 5.91 Å². The van der Waals surface area contributed by atoms with E-state index in [4.69, 9.17) is 24.7 Å². The molecule has 2 rings (SSSR count). The zero-order chi connectivity index (χ0) is 30.1. The summed E-state index contributed by atoms with van der Waals surface area (Å²) in [5.74, 6) is -2.39. The molecule has 4 N–H and O–H groups in total. The summed E-state index contributed by atoms with van der Waals surface area (Å²) in [6.45, 7) is 6.92. The van der Waals surface area contributed by atoms with Crippen molar-refractivity contribution >= 4 is 23.6 Å². The van der Waals surface area contributed by atoms with Crippen molar-refractivity contribution in [3.05, 3.63) is 58.6 Å². The molecule has 2 bridgehead atoms. The molecule has 11 nitrogen and oxygen atoms in total. The van der Waals surface area contributed by atoms with Crippen molar-refractivity contribution in [3.63, 3.8) is 0 Å². The molecule has 0 radical (unpaired) electrons. The quantitative estimate of drug-likeness (QED) is 0.346. The highest BCUT2D eigenvalue weighted by atomic mass is 16.6. The van der Waals surface area contributed by atoms with Crippen LogP contribution in [0.5, 0.6) is 0 Å². The molecular weight excluding hydrogens is 520 g/mol. The number of hydrogen-bond acceptors (Lipinski definition) is 9. The number of primary amides is 1. The number of ketones is 2. The number of aliphatic hydroxyl groups excluding tert-OH is 1. The Labute approximate surface area is 234 Å². The van der Waals surface area contributed by atoms with Crippen molar-refractivity contribution in [2.75, 3.05) is 21.3 Å². The molecular formula is C29H40N2O9. The molecule has 0 aromatic rings. The minimum absolute atomic E-state index is 0.0801. The van der Waals surface area contributed by atoms with Gasteiger partial charge in [0.05, 0.1) is 25.0 Å². The normalized spacial score (nSPS) is 31.9. The fraction of sp³-hybridized carbons (Fsp3) is 0.517. The Morgan fingerprint density at radius 1 is 1.10 bits per heavy atom. The fourth-order valence-electron chi connectivity index (χ4n) is 4.78. The molecule has 1 heterocycles. The topological polar surface area (TPSA) is 163 Å². The van der Waals surface area contributed by atoms with Crippen molar-refractivity contribution in [1.82, 2.24) is 5.32 Å². The molecule has 11 heteroatoms. The van der Waals surface area contributed by atoms with Crippen LogP contribution in [0.2, 0.25) is 0 Å². The molecule has 1 aliphatic heterocycles. The molecule has 0 saturated heterocycles. The van der Waals surface area contributed by atoms with E-state index in [1.165, 1.54) is 34.3 Å². The van der Waals surface area contributed by atoms with E-state index in [1.807, 2.05) is 6.92 Å². The fourth-order valence-corrected chi connectivity index (χ4v) is 4.78. The molecule has 220 valence electrons. The van der Waals surface area contributed by atoms with Gasteiger partial charge in [-0.15, -0.1) is 0 Å². The van der Waals surface area contributed by atoms with Gasteiger partial charge < -0.3 is 35.1 Å². The van der Waals surface area contributed by atoms with Crippen LogP contribution in [0.25, 0.3) is 0 Å². The monoisotopic (exact) mass is 560 g/mol. The van der Waals surface area contributed by atoms with Crippen LogP contribution in [0.3, 0.4) is 0 Å². The number of methoxy groups -OCH3 is 3. The summed E-state index contributed by atoms with van der Waals surface area (Å²) in [4.78, 5) is 50.6. The minimum atomic E-state index is -1.00. The summed E-state index contributed by atoms with van der Waals surface area (Å²) in [6, 6.07) is 0. The molecule has 0 aromatic carbocycles. The molecule has 6 atom stereocenters. The van der Waals surface area contributed by atoms with Crippen LogP contribution in [0.1, 0.15) is 40.5 Å². The Morgan fingerprint density at radius 2 is 1.77 bits per heavy atom. The van der Waals surface area contributed by atoms with E-state index in [0.29, 0.717) is 12.0 Å². The van der Waals surface area contributed by atoms with Crippen LogP contribution in [-0.4, -0.2) is 74.4 Å². The standard InChI is InChI=1S/C29H40N2O9/c1-15-11-19-25(34)20(14-21(32)27(19)39-7)31-28(35)16(2)9-8-10-22(37-5)26(40-29(30)36)18(4)13-17(3)24(33)23(12-15)38-6/h8-10,13-15,17,22-24,26,33H,11-12H2,1-7H3,(H2,30,36)(H,31,35)/b10-8?,16-9+,18-13-/t15-,17+,22+,23+,24-,26+/m1/s1. The summed E-state index contributed by atoms with van der Waals surface area (Å²) >= 11 is 0. The molecule has 1 aliphatic carbocycles. The molecule has 2 aliphatic rings. The minimum Gasteiger partial charge on any atom is -0.492 e. The van der Waals surface area contributed by atoms with E-state index >= 15 is 0 Å². The third kappa shape index (κ3) is 8.23. The second kappa shape index (κ2) is 14.7. The zero-order valence-electron chi connectivity index (χ0n) is 24.1. The van der Waals surface area contributed by atoms with Gasteiger partial charge in [-0.05, 0) is 38.2 Å². The Kier molecular flexibility index (Phi) is 12.0. The van der Waals surface area contributed by atoms with E-state index in [9.17, 15) is 24.3 Å². The molecule has 0 aromatic heterocycles. The third-order valence-electron chi connectivity index (χ3n) is 6.95. The second-order valence-corrected chi connectivity index (χ2v) is 10.1. The van der Waals surface area contributed by atoms with Gasteiger partial charge in [0.1, 0.15) is 6.10 Å². The smallest absolute Gasteiger partial charge is 0.405 e. The van der Waals surface area contributed by atoms with Gasteiger partial charge in [0, 0.05) is 37.4 Å². The van der Waals surface area contributed by atoms with E-state index in [2.05, 4.69) is 5.32 Å². The zero-order valence-corrected chi connectivity index (χ0v) is 24.1. The van der Waals surface area contributed by atoms with Crippen LogP contribution in [0, 0.1) is 11.8 Å².